The molecule has 5 N–H and O–H groups in total. The summed E-state index contributed by atoms with van der Waals surface area (Å²) in [6, 6.07) is 0. The number of hydrogen-bond donors (Lipinski definition) is 5. The van der Waals surface area contributed by atoms with Gasteiger partial charge in [-0.25, -0.2) is 0 Å². The van der Waals surface area contributed by atoms with E-state index in [4.69, 9.17) is 27.4 Å². The quantitative estimate of drug-likeness (QED) is 0.341. The van der Waals surface area contributed by atoms with Crippen molar-refractivity contribution in [2.75, 3.05) is 46.1 Å². The van der Waals surface area contributed by atoms with Crippen LogP contribution in [0.4, 0.5) is 0 Å². The van der Waals surface area contributed by atoms with Crippen LogP contribution in [0.15, 0.2) is 0 Å². The number of hydrogen-bond acceptors (Lipinski definition) is 6. The van der Waals surface area contributed by atoms with Gasteiger partial charge < -0.3 is 20.4 Å². The number of nitrogens with zero attached hydrogens (tertiary/aromatic N) is 1. The van der Waals surface area contributed by atoms with Gasteiger partial charge in [-0.15, -0.1) is 0 Å². The Morgan fingerprint density at radius 1 is 0.889 bits per heavy atom. The van der Waals surface area contributed by atoms with Gasteiger partial charge in [-0.3, -0.25) is 4.90 Å². The molecule has 111 valence electrons. The number of unbranched alkanes of at least 4 members (excludes halogenated alkanes) is 1. The molecule has 0 amide bonds. The summed E-state index contributed by atoms with van der Waals surface area (Å²) in [5, 5.41) is 33.5. The molecule has 0 aliphatic rings. The van der Waals surface area contributed by atoms with E-state index in [1.165, 1.54) is 0 Å². The SMILES string of the molecule is CCCCO.OCCN(CCO)CCO.[O]=[Ti][OH]. The van der Waals surface area contributed by atoms with Crippen LogP contribution in [0.3, 0.4) is 0 Å². The van der Waals surface area contributed by atoms with Gasteiger partial charge in [0.1, 0.15) is 0 Å². The van der Waals surface area contributed by atoms with E-state index in [-0.39, 0.29) is 19.8 Å². The zero-order valence-corrected chi connectivity index (χ0v) is 12.5. The van der Waals surface area contributed by atoms with E-state index in [2.05, 4.69) is 6.92 Å². The maximum absolute atomic E-state index is 8.61. The van der Waals surface area contributed by atoms with Crippen molar-refractivity contribution in [1.29, 1.82) is 0 Å². The molecular formula is C10H26NO6Ti. The van der Waals surface area contributed by atoms with Crippen LogP contribution in [0.1, 0.15) is 19.8 Å². The molecule has 0 aromatic carbocycles. The zero-order chi connectivity index (χ0) is 14.6. The van der Waals surface area contributed by atoms with E-state index in [0.717, 1.165) is 12.8 Å². The van der Waals surface area contributed by atoms with Crippen molar-refractivity contribution in [1.82, 2.24) is 4.90 Å². The van der Waals surface area contributed by atoms with Crippen molar-refractivity contribution in [3.63, 3.8) is 0 Å². The molecule has 18 heavy (non-hydrogen) atoms. The first-order valence-corrected chi connectivity index (χ1v) is 7.18. The predicted octanol–water partition coefficient (Wildman–Crippen LogP) is -1.63. The van der Waals surface area contributed by atoms with Gasteiger partial charge >= 0.3 is 26.5 Å². The van der Waals surface area contributed by atoms with Crippen LogP contribution >= 0.6 is 0 Å². The monoisotopic (exact) mass is 304 g/mol. The molecule has 0 saturated heterocycles. The third-order valence-corrected chi connectivity index (χ3v) is 1.76. The van der Waals surface area contributed by atoms with Gasteiger partial charge in [0.05, 0.1) is 19.8 Å². The standard InChI is InChI=1S/C6H15NO3.C4H10O.H2O.O.Ti/c8-4-1-7(2-5-9)3-6-10;1-2-3-4-5;;;/h8-10H,1-6H2;5H,2-4H2,1H3;1H2;;/q;;;;+1/p-1. The van der Waals surface area contributed by atoms with Crippen molar-refractivity contribution in [3.05, 3.63) is 0 Å². The summed E-state index contributed by atoms with van der Waals surface area (Å²) in [5.74, 6) is 0. The van der Waals surface area contributed by atoms with Crippen molar-refractivity contribution < 1.29 is 46.9 Å². The Morgan fingerprint density at radius 2 is 1.22 bits per heavy atom. The van der Waals surface area contributed by atoms with Gasteiger partial charge in [0, 0.05) is 26.2 Å². The van der Waals surface area contributed by atoms with Gasteiger partial charge in [0.2, 0.25) is 0 Å². The molecule has 0 spiro atoms. The molecular weight excluding hydrogens is 278 g/mol. The summed E-state index contributed by atoms with van der Waals surface area (Å²) in [5.41, 5.74) is 0. The van der Waals surface area contributed by atoms with E-state index in [1.807, 2.05) is 0 Å². The van der Waals surface area contributed by atoms with Crippen molar-refractivity contribution >= 4 is 0 Å². The minimum atomic E-state index is -1.75. The average molecular weight is 304 g/mol. The molecule has 7 nitrogen and oxygen atoms in total. The Bertz CT molecular complexity index is 125. The van der Waals surface area contributed by atoms with Gasteiger partial charge in [0.15, 0.2) is 0 Å². The Kier molecular flexibility index (Phi) is 33.7. The molecule has 0 bridgehead atoms. The fourth-order valence-electron chi connectivity index (χ4n) is 0.918. The second kappa shape index (κ2) is 26.0. The van der Waals surface area contributed by atoms with Crippen LogP contribution in [0.5, 0.6) is 0 Å². The van der Waals surface area contributed by atoms with E-state index >= 15 is 0 Å². The summed E-state index contributed by atoms with van der Waals surface area (Å²) in [6.45, 7) is 4.15. The van der Waals surface area contributed by atoms with E-state index < -0.39 is 19.5 Å². The van der Waals surface area contributed by atoms with E-state index in [1.54, 1.807) is 4.90 Å². The van der Waals surface area contributed by atoms with E-state index in [0.29, 0.717) is 26.2 Å². The maximum atomic E-state index is 8.61. The molecule has 0 radical (unpaired) electrons. The molecule has 0 rings (SSSR count). The van der Waals surface area contributed by atoms with E-state index in [9.17, 15) is 0 Å². The molecule has 0 aliphatic carbocycles. The van der Waals surface area contributed by atoms with Gasteiger partial charge in [-0.1, -0.05) is 13.3 Å². The third-order valence-electron chi connectivity index (χ3n) is 1.76. The van der Waals surface area contributed by atoms with Crippen molar-refractivity contribution in [3.8, 4) is 0 Å². The Hall–Kier alpha value is 0.274. The van der Waals surface area contributed by atoms with Crippen LogP contribution in [0.25, 0.3) is 0 Å². The molecule has 0 heterocycles. The molecule has 0 aromatic rings. The normalized spacial score (nSPS) is 8.83. The number of aliphatic hydroxyl groups is 4. The van der Waals surface area contributed by atoms with Crippen LogP contribution in [0.2, 0.25) is 0 Å². The first-order valence-electron chi connectivity index (χ1n) is 5.85. The van der Waals surface area contributed by atoms with Gasteiger partial charge in [0.25, 0.3) is 0 Å². The molecule has 0 aliphatic heterocycles. The molecule has 0 aromatic heterocycles. The van der Waals surface area contributed by atoms with Crippen molar-refractivity contribution in [2.45, 2.75) is 19.8 Å². The molecule has 0 atom stereocenters. The van der Waals surface area contributed by atoms with Crippen LogP contribution < -0.4 is 0 Å². The molecule has 0 saturated carbocycles. The number of rotatable bonds is 8. The third kappa shape index (κ3) is 29.9. The summed E-state index contributed by atoms with van der Waals surface area (Å²) in [7, 11) is 0. The number of aliphatic hydroxyl groups excluding tert-OH is 4. The summed E-state index contributed by atoms with van der Waals surface area (Å²) in [6.07, 6.45) is 2.04. The molecule has 8 heteroatoms. The second-order valence-corrected chi connectivity index (χ2v) is 3.47. The first kappa shape index (κ1) is 23.4. The Labute approximate surface area is 118 Å². The summed E-state index contributed by atoms with van der Waals surface area (Å²) >= 11 is -1.75. The fourth-order valence-corrected chi connectivity index (χ4v) is 0.918. The van der Waals surface area contributed by atoms with Gasteiger partial charge in [-0.05, 0) is 6.42 Å². The topological polar surface area (TPSA) is 121 Å². The molecule has 0 fully saturated rings. The summed E-state index contributed by atoms with van der Waals surface area (Å²) < 4.78 is 15.8. The predicted molar refractivity (Wildman–Crippen MR) is 62.6 cm³/mol. The zero-order valence-electron chi connectivity index (χ0n) is 11.0. The van der Waals surface area contributed by atoms with Crippen LogP contribution in [0, 0.1) is 0 Å². The summed E-state index contributed by atoms with van der Waals surface area (Å²) in [4.78, 5) is 1.79. The van der Waals surface area contributed by atoms with Gasteiger partial charge in [-0.2, -0.15) is 0 Å². The van der Waals surface area contributed by atoms with Crippen LogP contribution in [-0.2, 0) is 22.8 Å². The Balaban J connectivity index is -0.000000235. The first-order chi connectivity index (χ1) is 8.67. The fraction of sp³-hybridized carbons (Fsp3) is 1.00. The Morgan fingerprint density at radius 3 is 1.33 bits per heavy atom. The average Bonchev–Trinajstić information content (AvgIpc) is 2.33. The second-order valence-electron chi connectivity index (χ2n) is 3.18. The molecule has 0 unspecified atom stereocenters. The minimum absolute atomic E-state index is 0.0694. The van der Waals surface area contributed by atoms with Crippen LogP contribution in [-0.4, -0.2) is 75.1 Å². The van der Waals surface area contributed by atoms with Crippen molar-refractivity contribution in [2.24, 2.45) is 0 Å².